The van der Waals surface area contributed by atoms with Crippen LogP contribution in [0.4, 0.5) is 5.69 Å². The van der Waals surface area contributed by atoms with Crippen molar-refractivity contribution >= 4 is 33.1 Å². The molecule has 2 aromatic heterocycles. The summed E-state index contributed by atoms with van der Waals surface area (Å²) in [6.45, 7) is 9.59. The van der Waals surface area contributed by atoms with Crippen LogP contribution in [0.5, 0.6) is 0 Å². The highest BCUT2D eigenvalue weighted by Gasteiger charge is 2.25. The summed E-state index contributed by atoms with van der Waals surface area (Å²) in [7, 11) is 1.93. The van der Waals surface area contributed by atoms with Gasteiger partial charge in [-0.05, 0) is 44.0 Å². The summed E-state index contributed by atoms with van der Waals surface area (Å²) in [5.74, 6) is 0.145. The van der Waals surface area contributed by atoms with Crippen molar-refractivity contribution in [1.29, 1.82) is 0 Å². The van der Waals surface area contributed by atoms with Gasteiger partial charge in [0.05, 0.1) is 10.6 Å². The third-order valence-corrected chi connectivity index (χ3v) is 6.58. The molecule has 0 unspecified atom stereocenters. The van der Waals surface area contributed by atoms with Crippen molar-refractivity contribution in [3.63, 3.8) is 0 Å². The Hall–Kier alpha value is -2.34. The minimum atomic E-state index is 0.145. The molecule has 6 heteroatoms. The summed E-state index contributed by atoms with van der Waals surface area (Å²) in [4.78, 5) is 19.2. The van der Waals surface area contributed by atoms with Crippen LogP contribution in [-0.2, 0) is 7.05 Å². The number of hydrogen-bond acceptors (Lipinski definition) is 4. The van der Waals surface area contributed by atoms with Crippen molar-refractivity contribution in [3.05, 3.63) is 46.0 Å². The average Bonchev–Trinajstić information content (AvgIpc) is 3.19. The van der Waals surface area contributed by atoms with Crippen LogP contribution in [0.2, 0.25) is 0 Å². The molecule has 1 saturated heterocycles. The Labute approximate surface area is 157 Å². The number of aromatic nitrogens is 2. The Morgan fingerprint density at radius 1 is 1.12 bits per heavy atom. The fraction of sp³-hybridized carbons (Fsp3) is 0.400. The van der Waals surface area contributed by atoms with Gasteiger partial charge in [-0.3, -0.25) is 9.48 Å². The lowest BCUT2D eigenvalue weighted by molar-refractivity contribution is 0.0751. The number of hydrogen-bond donors (Lipinski definition) is 0. The highest BCUT2D eigenvalue weighted by atomic mass is 32.1. The zero-order valence-corrected chi connectivity index (χ0v) is 16.6. The van der Waals surface area contributed by atoms with E-state index in [-0.39, 0.29) is 5.91 Å². The molecule has 0 N–H and O–H groups in total. The van der Waals surface area contributed by atoms with Crippen LogP contribution in [0.1, 0.15) is 26.5 Å². The standard InChI is InChI=1S/C20H24N4OS/c1-13-6-5-7-17(14(13)2)23-8-10-24(11-9-23)19(25)18-12-16-15(3)21-22(4)20(16)26-18/h5-7,12H,8-11H2,1-4H3. The van der Waals surface area contributed by atoms with E-state index in [9.17, 15) is 4.79 Å². The van der Waals surface area contributed by atoms with E-state index in [4.69, 9.17) is 0 Å². The quantitative estimate of drug-likeness (QED) is 0.695. The summed E-state index contributed by atoms with van der Waals surface area (Å²) < 4.78 is 1.87. The number of thiophene rings is 1. The molecular weight excluding hydrogens is 344 g/mol. The van der Waals surface area contributed by atoms with Crippen molar-refractivity contribution in [2.24, 2.45) is 7.05 Å². The molecule has 4 rings (SSSR count). The first-order valence-corrected chi connectivity index (χ1v) is 9.81. The van der Waals surface area contributed by atoms with Gasteiger partial charge in [0.25, 0.3) is 5.91 Å². The highest BCUT2D eigenvalue weighted by Crippen LogP contribution is 2.29. The van der Waals surface area contributed by atoms with E-state index in [1.807, 2.05) is 29.6 Å². The summed E-state index contributed by atoms with van der Waals surface area (Å²) in [6, 6.07) is 8.45. The molecule has 5 nitrogen and oxygen atoms in total. The zero-order chi connectivity index (χ0) is 18.4. The molecule has 1 aliphatic heterocycles. The van der Waals surface area contributed by atoms with Gasteiger partial charge in [-0.25, -0.2) is 0 Å². The largest absolute Gasteiger partial charge is 0.368 e. The average molecular weight is 369 g/mol. The summed E-state index contributed by atoms with van der Waals surface area (Å²) in [5.41, 5.74) is 4.92. The van der Waals surface area contributed by atoms with E-state index in [1.165, 1.54) is 16.8 Å². The fourth-order valence-electron chi connectivity index (χ4n) is 3.70. The summed E-state index contributed by atoms with van der Waals surface area (Å²) >= 11 is 1.54. The molecular formula is C20H24N4OS. The lowest BCUT2D eigenvalue weighted by Gasteiger charge is -2.36. The van der Waals surface area contributed by atoms with E-state index in [2.05, 4.69) is 42.0 Å². The van der Waals surface area contributed by atoms with E-state index < -0.39 is 0 Å². The lowest BCUT2D eigenvalue weighted by Crippen LogP contribution is -2.48. The number of benzene rings is 1. The number of aryl methyl sites for hydroxylation is 3. The second-order valence-electron chi connectivity index (χ2n) is 7.04. The second kappa shape index (κ2) is 6.43. The Morgan fingerprint density at radius 3 is 2.54 bits per heavy atom. The Bertz CT molecular complexity index is 945. The van der Waals surface area contributed by atoms with Crippen molar-refractivity contribution in [2.45, 2.75) is 20.8 Å². The number of rotatable bonds is 2. The minimum absolute atomic E-state index is 0.145. The Balaban J connectivity index is 1.49. The second-order valence-corrected chi connectivity index (χ2v) is 8.07. The zero-order valence-electron chi connectivity index (χ0n) is 15.7. The van der Waals surface area contributed by atoms with E-state index >= 15 is 0 Å². The predicted octanol–water partition coefficient (Wildman–Crippen LogP) is 3.52. The number of amides is 1. The monoisotopic (exact) mass is 368 g/mol. The Morgan fingerprint density at radius 2 is 1.85 bits per heavy atom. The van der Waals surface area contributed by atoms with Crippen LogP contribution in [0.3, 0.4) is 0 Å². The number of piperazine rings is 1. The van der Waals surface area contributed by atoms with Gasteiger partial charge in [0.15, 0.2) is 0 Å². The van der Waals surface area contributed by atoms with Crippen LogP contribution >= 0.6 is 11.3 Å². The van der Waals surface area contributed by atoms with Gasteiger partial charge in [0.2, 0.25) is 0 Å². The maximum atomic E-state index is 12.9. The molecule has 1 aromatic carbocycles. The van der Waals surface area contributed by atoms with Gasteiger partial charge in [-0.2, -0.15) is 5.10 Å². The molecule has 136 valence electrons. The molecule has 0 bridgehead atoms. The SMILES string of the molecule is Cc1cccc(N2CCN(C(=O)c3cc4c(C)nn(C)c4s3)CC2)c1C. The molecule has 0 saturated carbocycles. The van der Waals surface area contributed by atoms with Gasteiger partial charge in [-0.15, -0.1) is 11.3 Å². The van der Waals surface area contributed by atoms with Gasteiger partial charge in [0, 0.05) is 44.3 Å². The van der Waals surface area contributed by atoms with E-state index in [1.54, 1.807) is 11.3 Å². The number of carbonyl (C=O) groups excluding carboxylic acids is 1. The van der Waals surface area contributed by atoms with Gasteiger partial charge < -0.3 is 9.80 Å². The highest BCUT2D eigenvalue weighted by molar-refractivity contribution is 7.20. The molecule has 1 amide bonds. The molecule has 3 aromatic rings. The van der Waals surface area contributed by atoms with E-state index in [0.29, 0.717) is 0 Å². The maximum absolute atomic E-state index is 12.9. The first-order valence-electron chi connectivity index (χ1n) is 8.99. The van der Waals surface area contributed by atoms with Crippen LogP contribution in [0.25, 0.3) is 10.2 Å². The number of fused-ring (bicyclic) bond motifs is 1. The molecule has 26 heavy (non-hydrogen) atoms. The Kier molecular flexibility index (Phi) is 4.23. The lowest BCUT2D eigenvalue weighted by atomic mass is 10.1. The molecule has 0 radical (unpaired) electrons. The summed E-state index contributed by atoms with van der Waals surface area (Å²) in [6.07, 6.45) is 0. The first-order chi connectivity index (χ1) is 12.5. The van der Waals surface area contributed by atoms with Crippen LogP contribution in [0, 0.1) is 20.8 Å². The topological polar surface area (TPSA) is 41.4 Å². The third kappa shape index (κ3) is 2.78. The number of carbonyl (C=O) groups is 1. The smallest absolute Gasteiger partial charge is 0.264 e. The van der Waals surface area contributed by atoms with Crippen molar-refractivity contribution in [3.8, 4) is 0 Å². The van der Waals surface area contributed by atoms with Crippen molar-refractivity contribution in [2.75, 3.05) is 31.1 Å². The van der Waals surface area contributed by atoms with E-state index in [0.717, 1.165) is 47.0 Å². The summed E-state index contributed by atoms with van der Waals surface area (Å²) in [5, 5.41) is 5.51. The molecule has 3 heterocycles. The van der Waals surface area contributed by atoms with Crippen molar-refractivity contribution in [1.82, 2.24) is 14.7 Å². The third-order valence-electron chi connectivity index (χ3n) is 5.39. The molecule has 0 spiro atoms. The van der Waals surface area contributed by atoms with Crippen LogP contribution in [0.15, 0.2) is 24.3 Å². The van der Waals surface area contributed by atoms with Crippen molar-refractivity contribution < 1.29 is 4.79 Å². The van der Waals surface area contributed by atoms with Gasteiger partial charge in [-0.1, -0.05) is 12.1 Å². The molecule has 1 fully saturated rings. The number of nitrogens with zero attached hydrogens (tertiary/aromatic N) is 4. The van der Waals surface area contributed by atoms with Gasteiger partial charge >= 0.3 is 0 Å². The normalized spacial score (nSPS) is 15.1. The number of anilines is 1. The van der Waals surface area contributed by atoms with Crippen LogP contribution in [-0.4, -0.2) is 46.8 Å². The molecule has 0 atom stereocenters. The molecule has 0 aliphatic carbocycles. The first kappa shape index (κ1) is 17.1. The van der Waals surface area contributed by atoms with Crippen LogP contribution < -0.4 is 4.90 Å². The predicted molar refractivity (Wildman–Crippen MR) is 107 cm³/mol. The van der Waals surface area contributed by atoms with Gasteiger partial charge in [0.1, 0.15) is 4.83 Å². The fourth-order valence-corrected chi connectivity index (χ4v) is 4.79. The molecule has 1 aliphatic rings. The minimum Gasteiger partial charge on any atom is -0.368 e. The maximum Gasteiger partial charge on any atom is 0.264 e.